The number of hydrogen-bond acceptors (Lipinski definition) is 5. The molecular formula is C13H18N2O4. The lowest BCUT2D eigenvalue weighted by molar-refractivity contribution is -0.121. The number of carbonyl (C=O) groups excluding carboxylic acids is 1. The van der Waals surface area contributed by atoms with Crippen molar-refractivity contribution >= 4 is 5.91 Å². The van der Waals surface area contributed by atoms with Crippen molar-refractivity contribution in [3.05, 3.63) is 23.8 Å². The summed E-state index contributed by atoms with van der Waals surface area (Å²) in [5.74, 6) is 6.38. The van der Waals surface area contributed by atoms with E-state index in [1.54, 1.807) is 0 Å². The molecule has 0 radical (unpaired) electrons. The summed E-state index contributed by atoms with van der Waals surface area (Å²) < 4.78 is 16.1. The summed E-state index contributed by atoms with van der Waals surface area (Å²) in [4.78, 5) is 10.9. The predicted octanol–water partition coefficient (Wildman–Crippen LogP) is 1.09. The predicted molar refractivity (Wildman–Crippen MR) is 68.4 cm³/mol. The highest BCUT2D eigenvalue weighted by Gasteiger charge is 2.12. The minimum absolute atomic E-state index is 0.143. The number of amides is 1. The van der Waals surface area contributed by atoms with Crippen LogP contribution >= 0.6 is 0 Å². The molecule has 0 saturated heterocycles. The molecule has 6 nitrogen and oxygen atoms in total. The van der Waals surface area contributed by atoms with Crippen LogP contribution in [0, 0.1) is 0 Å². The second-order valence-corrected chi connectivity index (χ2v) is 4.26. The fourth-order valence-electron chi connectivity index (χ4n) is 1.78. The van der Waals surface area contributed by atoms with Gasteiger partial charge in [-0.2, -0.15) is 0 Å². The Morgan fingerprint density at radius 2 is 2.16 bits per heavy atom. The number of fused-ring (bicyclic) bond motifs is 1. The van der Waals surface area contributed by atoms with Gasteiger partial charge < -0.3 is 14.2 Å². The highest BCUT2D eigenvalue weighted by Crippen LogP contribution is 2.32. The van der Waals surface area contributed by atoms with Crippen LogP contribution in [0.1, 0.15) is 24.8 Å². The van der Waals surface area contributed by atoms with Crippen molar-refractivity contribution in [3.63, 3.8) is 0 Å². The molecule has 19 heavy (non-hydrogen) atoms. The fourth-order valence-corrected chi connectivity index (χ4v) is 1.78. The van der Waals surface area contributed by atoms with Crippen LogP contribution in [0.5, 0.6) is 11.5 Å². The van der Waals surface area contributed by atoms with E-state index in [2.05, 4.69) is 5.43 Å². The summed E-state index contributed by atoms with van der Waals surface area (Å²) in [7, 11) is 0. The van der Waals surface area contributed by atoms with Crippen molar-refractivity contribution in [1.82, 2.24) is 5.43 Å². The first-order valence-corrected chi connectivity index (χ1v) is 6.25. The van der Waals surface area contributed by atoms with E-state index in [1.807, 2.05) is 18.2 Å². The molecule has 1 heterocycles. The molecule has 6 heteroatoms. The highest BCUT2D eigenvalue weighted by atomic mass is 16.7. The maximum absolute atomic E-state index is 10.9. The van der Waals surface area contributed by atoms with Crippen LogP contribution in [-0.4, -0.2) is 19.3 Å². The van der Waals surface area contributed by atoms with Crippen molar-refractivity contribution in [2.75, 3.05) is 13.4 Å². The molecule has 0 spiro atoms. The van der Waals surface area contributed by atoms with Crippen LogP contribution in [0.15, 0.2) is 18.2 Å². The number of ether oxygens (including phenoxy) is 3. The monoisotopic (exact) mass is 266 g/mol. The molecule has 0 aliphatic carbocycles. The van der Waals surface area contributed by atoms with Gasteiger partial charge in [-0.15, -0.1) is 0 Å². The van der Waals surface area contributed by atoms with Crippen molar-refractivity contribution < 1.29 is 19.0 Å². The van der Waals surface area contributed by atoms with E-state index in [1.165, 1.54) is 0 Å². The zero-order valence-electron chi connectivity index (χ0n) is 10.7. The Balaban J connectivity index is 1.62. The Morgan fingerprint density at radius 3 is 3.00 bits per heavy atom. The van der Waals surface area contributed by atoms with Crippen molar-refractivity contribution in [2.45, 2.75) is 25.9 Å². The molecule has 3 N–H and O–H groups in total. The summed E-state index contributed by atoms with van der Waals surface area (Å²) in [5.41, 5.74) is 3.15. The molecule has 0 saturated carbocycles. The van der Waals surface area contributed by atoms with Gasteiger partial charge in [0, 0.05) is 13.0 Å². The van der Waals surface area contributed by atoms with Crippen molar-refractivity contribution in [1.29, 1.82) is 0 Å². The van der Waals surface area contributed by atoms with E-state index >= 15 is 0 Å². The van der Waals surface area contributed by atoms with Gasteiger partial charge in [0.15, 0.2) is 11.5 Å². The fraction of sp³-hybridized carbons (Fsp3) is 0.462. The molecule has 1 aliphatic rings. The van der Waals surface area contributed by atoms with Gasteiger partial charge in [0.05, 0.1) is 6.61 Å². The maximum Gasteiger partial charge on any atom is 0.233 e. The number of nitrogens with one attached hydrogen (secondary N) is 1. The lowest BCUT2D eigenvalue weighted by Crippen LogP contribution is -2.29. The van der Waals surface area contributed by atoms with E-state index in [9.17, 15) is 4.79 Å². The minimum atomic E-state index is -0.143. The van der Waals surface area contributed by atoms with Gasteiger partial charge in [-0.3, -0.25) is 10.2 Å². The Morgan fingerprint density at radius 1 is 1.32 bits per heavy atom. The number of benzene rings is 1. The van der Waals surface area contributed by atoms with Crippen molar-refractivity contribution in [2.24, 2.45) is 5.84 Å². The van der Waals surface area contributed by atoms with Gasteiger partial charge in [-0.1, -0.05) is 6.07 Å². The average Bonchev–Trinajstić information content (AvgIpc) is 2.89. The quantitative estimate of drug-likeness (QED) is 0.334. The molecule has 1 aliphatic heterocycles. The van der Waals surface area contributed by atoms with Crippen LogP contribution in [0.2, 0.25) is 0 Å². The zero-order valence-corrected chi connectivity index (χ0v) is 10.7. The SMILES string of the molecule is NNC(=O)CCCCOCc1ccc2c(c1)OCO2. The maximum atomic E-state index is 10.9. The molecule has 0 atom stereocenters. The second kappa shape index (κ2) is 6.96. The van der Waals surface area contributed by atoms with Crippen LogP contribution in [0.3, 0.4) is 0 Å². The number of carbonyl (C=O) groups is 1. The van der Waals surface area contributed by atoms with Gasteiger partial charge in [-0.05, 0) is 30.5 Å². The molecular weight excluding hydrogens is 248 g/mol. The third kappa shape index (κ3) is 4.11. The Labute approximate surface area is 111 Å². The molecule has 1 aromatic carbocycles. The summed E-state index contributed by atoms with van der Waals surface area (Å²) in [6.45, 7) is 1.43. The van der Waals surface area contributed by atoms with Gasteiger partial charge in [0.2, 0.25) is 12.7 Å². The Hall–Kier alpha value is -1.79. The van der Waals surface area contributed by atoms with E-state index in [-0.39, 0.29) is 12.7 Å². The molecule has 1 aromatic rings. The molecule has 0 aromatic heterocycles. The number of unbranched alkanes of at least 4 members (excludes halogenated alkanes) is 1. The molecule has 104 valence electrons. The van der Waals surface area contributed by atoms with Gasteiger partial charge in [0.25, 0.3) is 0 Å². The summed E-state index contributed by atoms with van der Waals surface area (Å²) in [5, 5.41) is 0. The highest BCUT2D eigenvalue weighted by molar-refractivity contribution is 5.75. The number of hydrazine groups is 1. The Kier molecular flexibility index (Phi) is 5.00. The van der Waals surface area contributed by atoms with E-state index < -0.39 is 0 Å². The lowest BCUT2D eigenvalue weighted by atomic mass is 10.2. The van der Waals surface area contributed by atoms with Crippen LogP contribution in [0.25, 0.3) is 0 Å². The standard InChI is InChI=1S/C13H18N2O4/c14-15-13(16)3-1-2-6-17-8-10-4-5-11-12(7-10)19-9-18-11/h4-5,7H,1-3,6,8-9,14H2,(H,15,16). The molecule has 1 amide bonds. The van der Waals surface area contributed by atoms with E-state index in [0.717, 1.165) is 29.9 Å². The van der Waals surface area contributed by atoms with Crippen molar-refractivity contribution in [3.8, 4) is 11.5 Å². The summed E-state index contributed by atoms with van der Waals surface area (Å²) >= 11 is 0. The molecule has 2 rings (SSSR count). The van der Waals surface area contributed by atoms with Gasteiger partial charge in [-0.25, -0.2) is 5.84 Å². The first-order valence-electron chi connectivity index (χ1n) is 6.25. The third-order valence-corrected chi connectivity index (χ3v) is 2.81. The third-order valence-electron chi connectivity index (χ3n) is 2.81. The van der Waals surface area contributed by atoms with Crippen LogP contribution in [-0.2, 0) is 16.1 Å². The number of rotatable bonds is 7. The average molecular weight is 266 g/mol. The zero-order chi connectivity index (χ0) is 13.5. The lowest BCUT2D eigenvalue weighted by Gasteiger charge is -2.05. The van der Waals surface area contributed by atoms with E-state index in [4.69, 9.17) is 20.1 Å². The summed E-state index contributed by atoms with van der Waals surface area (Å²) in [6.07, 6.45) is 2.03. The first-order chi connectivity index (χ1) is 9.29. The summed E-state index contributed by atoms with van der Waals surface area (Å²) in [6, 6.07) is 5.76. The first kappa shape index (κ1) is 13.6. The minimum Gasteiger partial charge on any atom is -0.454 e. The Bertz CT molecular complexity index is 437. The number of nitrogens with two attached hydrogens (primary N) is 1. The molecule has 0 unspecified atom stereocenters. The van der Waals surface area contributed by atoms with Gasteiger partial charge >= 0.3 is 0 Å². The van der Waals surface area contributed by atoms with Crippen LogP contribution in [0.4, 0.5) is 0 Å². The largest absolute Gasteiger partial charge is 0.454 e. The topological polar surface area (TPSA) is 82.8 Å². The van der Waals surface area contributed by atoms with Gasteiger partial charge in [0.1, 0.15) is 0 Å². The van der Waals surface area contributed by atoms with E-state index in [0.29, 0.717) is 19.6 Å². The number of hydrogen-bond donors (Lipinski definition) is 2. The normalized spacial score (nSPS) is 12.5. The van der Waals surface area contributed by atoms with Crippen LogP contribution < -0.4 is 20.7 Å². The molecule has 0 bridgehead atoms. The second-order valence-electron chi connectivity index (χ2n) is 4.26. The molecule has 0 fully saturated rings. The smallest absolute Gasteiger partial charge is 0.233 e.